The van der Waals surface area contributed by atoms with Crippen molar-refractivity contribution in [2.75, 3.05) is 0 Å². The Morgan fingerprint density at radius 1 is 1.43 bits per heavy atom. The number of amides is 1. The second kappa shape index (κ2) is 6.83. The Hall–Kier alpha value is -2.44. The van der Waals surface area contributed by atoms with Crippen LogP contribution in [0.15, 0.2) is 18.2 Å². The maximum atomic E-state index is 11.4. The van der Waals surface area contributed by atoms with Gasteiger partial charge < -0.3 is 10.5 Å². The number of ether oxygens (including phenoxy) is 1. The summed E-state index contributed by atoms with van der Waals surface area (Å²) in [6, 6.07) is 5.26. The monoisotopic (exact) mass is 289 g/mol. The third-order valence-electron chi connectivity index (χ3n) is 3.09. The molecule has 0 spiro atoms. The van der Waals surface area contributed by atoms with Crippen molar-refractivity contribution in [3.63, 3.8) is 0 Å². The first kappa shape index (κ1) is 15.0. The number of unbranched alkanes of at least 4 members (excludes halogenated alkanes) is 1. The quantitative estimate of drug-likeness (QED) is 0.832. The van der Waals surface area contributed by atoms with Crippen LogP contribution in [0.25, 0.3) is 0 Å². The molecule has 7 heteroatoms. The van der Waals surface area contributed by atoms with E-state index in [0.29, 0.717) is 17.1 Å². The number of nitrogens with zero attached hydrogens (tertiary/aromatic N) is 4. The lowest BCUT2D eigenvalue weighted by atomic mass is 10.1. The Morgan fingerprint density at radius 2 is 2.24 bits per heavy atom. The maximum absolute atomic E-state index is 11.4. The summed E-state index contributed by atoms with van der Waals surface area (Å²) in [6.07, 6.45) is 2.05. The zero-order valence-electron chi connectivity index (χ0n) is 12.2. The van der Waals surface area contributed by atoms with Crippen molar-refractivity contribution in [3.8, 4) is 5.75 Å². The molecule has 1 aromatic carbocycles. The van der Waals surface area contributed by atoms with Gasteiger partial charge >= 0.3 is 0 Å². The Bertz CT molecular complexity index is 624. The van der Waals surface area contributed by atoms with E-state index in [1.54, 1.807) is 16.8 Å². The van der Waals surface area contributed by atoms with Crippen LogP contribution >= 0.6 is 0 Å². The molecule has 1 amide bonds. The van der Waals surface area contributed by atoms with E-state index in [1.807, 2.05) is 13.0 Å². The zero-order chi connectivity index (χ0) is 15.2. The number of tetrazole rings is 1. The Kier molecular flexibility index (Phi) is 4.86. The van der Waals surface area contributed by atoms with Crippen molar-refractivity contribution in [1.82, 2.24) is 20.2 Å². The van der Waals surface area contributed by atoms with Crippen LogP contribution in [-0.4, -0.2) is 26.1 Å². The van der Waals surface area contributed by atoms with Crippen LogP contribution in [0.5, 0.6) is 5.75 Å². The molecule has 0 saturated carbocycles. The lowest BCUT2D eigenvalue weighted by Crippen LogP contribution is -2.14. The molecule has 0 aliphatic heterocycles. The minimum absolute atomic E-state index is 0.195. The lowest BCUT2D eigenvalue weighted by molar-refractivity contribution is 0.0995. The first-order valence-electron chi connectivity index (χ1n) is 6.90. The summed E-state index contributed by atoms with van der Waals surface area (Å²) in [4.78, 5) is 11.4. The molecule has 1 heterocycles. The van der Waals surface area contributed by atoms with Gasteiger partial charge in [-0.2, -0.15) is 0 Å². The number of aryl methyl sites for hydroxylation is 2. The van der Waals surface area contributed by atoms with Crippen molar-refractivity contribution in [2.45, 2.75) is 39.8 Å². The molecule has 0 aliphatic carbocycles. The van der Waals surface area contributed by atoms with Gasteiger partial charge in [0.1, 0.15) is 12.4 Å². The third-order valence-corrected chi connectivity index (χ3v) is 3.09. The first-order valence-corrected chi connectivity index (χ1v) is 6.90. The van der Waals surface area contributed by atoms with Crippen LogP contribution < -0.4 is 10.5 Å². The Morgan fingerprint density at radius 3 is 2.95 bits per heavy atom. The maximum Gasteiger partial charge on any atom is 0.252 e. The third kappa shape index (κ3) is 3.77. The van der Waals surface area contributed by atoms with Crippen molar-refractivity contribution < 1.29 is 9.53 Å². The summed E-state index contributed by atoms with van der Waals surface area (Å²) in [7, 11) is 0. The van der Waals surface area contributed by atoms with Crippen molar-refractivity contribution >= 4 is 5.91 Å². The van der Waals surface area contributed by atoms with E-state index in [9.17, 15) is 4.79 Å². The molecule has 0 saturated heterocycles. The molecule has 2 N–H and O–H groups in total. The predicted octanol–water partition coefficient (Wildman–Crippen LogP) is 1.46. The van der Waals surface area contributed by atoms with Crippen molar-refractivity contribution in [3.05, 3.63) is 35.2 Å². The highest BCUT2D eigenvalue weighted by Gasteiger charge is 2.12. The van der Waals surface area contributed by atoms with Crippen LogP contribution in [0.2, 0.25) is 0 Å². The number of hydrogen-bond donors (Lipinski definition) is 1. The first-order chi connectivity index (χ1) is 10.1. The van der Waals surface area contributed by atoms with Gasteiger partial charge in [-0.05, 0) is 41.5 Å². The average molecular weight is 289 g/mol. The molecule has 21 heavy (non-hydrogen) atoms. The highest BCUT2D eigenvalue weighted by molar-refractivity contribution is 5.95. The smallest absolute Gasteiger partial charge is 0.252 e. The zero-order valence-corrected chi connectivity index (χ0v) is 12.2. The number of carbonyl (C=O) groups is 1. The van der Waals surface area contributed by atoms with Crippen molar-refractivity contribution in [2.24, 2.45) is 5.73 Å². The molecule has 0 radical (unpaired) electrons. The average Bonchev–Trinajstić information content (AvgIpc) is 2.90. The Labute approximate surface area is 123 Å². The van der Waals surface area contributed by atoms with Crippen molar-refractivity contribution in [1.29, 1.82) is 0 Å². The fourth-order valence-electron chi connectivity index (χ4n) is 1.90. The lowest BCUT2D eigenvalue weighted by Gasteiger charge is -2.10. The molecule has 0 bridgehead atoms. The summed E-state index contributed by atoms with van der Waals surface area (Å²) >= 11 is 0. The van der Waals surface area contributed by atoms with E-state index in [2.05, 4.69) is 22.4 Å². The van der Waals surface area contributed by atoms with E-state index in [-0.39, 0.29) is 6.61 Å². The molecule has 1 aromatic heterocycles. The molecule has 112 valence electrons. The molecular formula is C14H19N5O2. The molecular weight excluding hydrogens is 270 g/mol. The second-order valence-corrected chi connectivity index (χ2v) is 4.82. The molecule has 0 aliphatic rings. The minimum Gasteiger partial charge on any atom is -0.485 e. The normalized spacial score (nSPS) is 10.6. The topological polar surface area (TPSA) is 95.9 Å². The van der Waals surface area contributed by atoms with Crippen LogP contribution in [0.4, 0.5) is 0 Å². The molecule has 7 nitrogen and oxygen atoms in total. The molecule has 2 aromatic rings. The van der Waals surface area contributed by atoms with Crippen LogP contribution in [0.1, 0.15) is 41.5 Å². The van der Waals surface area contributed by atoms with E-state index < -0.39 is 5.91 Å². The van der Waals surface area contributed by atoms with E-state index in [0.717, 1.165) is 24.9 Å². The largest absolute Gasteiger partial charge is 0.485 e. The van der Waals surface area contributed by atoms with Gasteiger partial charge in [0.25, 0.3) is 5.91 Å². The number of benzene rings is 1. The summed E-state index contributed by atoms with van der Waals surface area (Å²) in [6.45, 7) is 4.97. The van der Waals surface area contributed by atoms with Crippen LogP contribution in [0, 0.1) is 6.92 Å². The SMILES string of the molecule is CCCCn1nnnc1COc1cc(C)ccc1C(N)=O. The van der Waals surface area contributed by atoms with Gasteiger partial charge in [0, 0.05) is 6.54 Å². The number of rotatable bonds is 7. The highest BCUT2D eigenvalue weighted by atomic mass is 16.5. The number of nitrogens with two attached hydrogens (primary N) is 1. The van der Waals surface area contributed by atoms with Crippen LogP contribution in [-0.2, 0) is 13.2 Å². The van der Waals surface area contributed by atoms with Gasteiger partial charge in [-0.15, -0.1) is 5.10 Å². The van der Waals surface area contributed by atoms with E-state index in [1.165, 1.54) is 0 Å². The number of carbonyl (C=O) groups excluding carboxylic acids is 1. The fourth-order valence-corrected chi connectivity index (χ4v) is 1.90. The predicted molar refractivity (Wildman–Crippen MR) is 76.8 cm³/mol. The van der Waals surface area contributed by atoms with Gasteiger partial charge in [-0.25, -0.2) is 4.68 Å². The van der Waals surface area contributed by atoms with Crippen LogP contribution in [0.3, 0.4) is 0 Å². The fraction of sp³-hybridized carbons (Fsp3) is 0.429. The molecule has 2 rings (SSSR count). The minimum atomic E-state index is -0.518. The van der Waals surface area contributed by atoms with Gasteiger partial charge in [-0.1, -0.05) is 19.4 Å². The summed E-state index contributed by atoms with van der Waals surface area (Å²) < 4.78 is 7.39. The van der Waals surface area contributed by atoms with E-state index in [4.69, 9.17) is 10.5 Å². The second-order valence-electron chi connectivity index (χ2n) is 4.82. The molecule has 0 unspecified atom stereocenters. The molecule has 0 atom stereocenters. The molecule has 0 fully saturated rings. The summed E-state index contributed by atoms with van der Waals surface area (Å²) in [5.41, 5.74) is 6.69. The summed E-state index contributed by atoms with van der Waals surface area (Å²) in [5.74, 6) is 0.559. The van der Waals surface area contributed by atoms with Gasteiger partial charge in [-0.3, -0.25) is 4.79 Å². The number of hydrogen-bond acceptors (Lipinski definition) is 5. The standard InChI is InChI=1S/C14H19N5O2/c1-3-4-7-19-13(16-17-18-19)9-21-12-8-10(2)5-6-11(12)14(15)20/h5-6,8H,3-4,7,9H2,1-2H3,(H2,15,20). The highest BCUT2D eigenvalue weighted by Crippen LogP contribution is 2.20. The summed E-state index contributed by atoms with van der Waals surface area (Å²) in [5, 5.41) is 11.5. The Balaban J connectivity index is 2.11. The van der Waals surface area contributed by atoms with Gasteiger partial charge in [0.15, 0.2) is 5.82 Å². The van der Waals surface area contributed by atoms with E-state index >= 15 is 0 Å². The number of aromatic nitrogens is 4. The number of primary amides is 1. The van der Waals surface area contributed by atoms with Gasteiger partial charge in [0.05, 0.1) is 5.56 Å². The van der Waals surface area contributed by atoms with Gasteiger partial charge in [0.2, 0.25) is 0 Å².